The van der Waals surface area contributed by atoms with Crippen LogP contribution in [0.25, 0.3) is 10.9 Å². The number of fused-ring (bicyclic) bond motifs is 1. The zero-order valence-corrected chi connectivity index (χ0v) is 23.7. The number of halogens is 3. The number of likely N-dealkylation sites (tertiary alicyclic amines) is 1. The number of para-hydroxylation sites is 1. The molecule has 2 aromatic carbocycles. The summed E-state index contributed by atoms with van der Waals surface area (Å²) < 4.78 is 31.5. The second-order valence-electron chi connectivity index (χ2n) is 11.1. The van der Waals surface area contributed by atoms with Crippen LogP contribution in [-0.2, 0) is 16.6 Å². The van der Waals surface area contributed by atoms with Crippen LogP contribution in [0, 0.1) is 5.92 Å². The van der Waals surface area contributed by atoms with Crippen LogP contribution in [0.15, 0.2) is 48.7 Å². The Morgan fingerprint density at radius 3 is 2.43 bits per heavy atom. The molecule has 1 aliphatic heterocycles. The lowest BCUT2D eigenvalue weighted by Gasteiger charge is -2.34. The number of carbonyl (C=O) groups is 4. The molecule has 2 heterocycles. The fourth-order valence-corrected chi connectivity index (χ4v) is 6.30. The lowest BCUT2D eigenvalue weighted by Crippen LogP contribution is -2.64. The van der Waals surface area contributed by atoms with Crippen molar-refractivity contribution < 1.29 is 37.5 Å². The molecule has 2 fully saturated rings. The van der Waals surface area contributed by atoms with Gasteiger partial charge in [0.15, 0.2) is 0 Å². The fourth-order valence-electron chi connectivity index (χ4n) is 6.07. The van der Waals surface area contributed by atoms with Gasteiger partial charge in [-0.3, -0.25) is 9.59 Å². The van der Waals surface area contributed by atoms with Crippen molar-refractivity contribution in [1.82, 2.24) is 9.88 Å². The van der Waals surface area contributed by atoms with Gasteiger partial charge < -0.3 is 20.3 Å². The van der Waals surface area contributed by atoms with Crippen LogP contribution in [0.1, 0.15) is 60.6 Å². The Bertz CT molecular complexity index is 1550. The van der Waals surface area contributed by atoms with Crippen LogP contribution < -0.4 is 10.6 Å². The number of nitrogens with one attached hydrogen (secondary N) is 2. The number of amides is 4. The van der Waals surface area contributed by atoms with Crippen molar-refractivity contribution in [2.75, 3.05) is 11.9 Å². The summed E-state index contributed by atoms with van der Waals surface area (Å²) in [5.41, 5.74) is 1.31. The molecule has 1 saturated heterocycles. The van der Waals surface area contributed by atoms with Crippen molar-refractivity contribution >= 4 is 52.0 Å². The molecule has 9 nitrogen and oxygen atoms in total. The number of urea groups is 1. The number of hydrogen-bond acceptors (Lipinski definition) is 4. The second-order valence-corrected chi connectivity index (χ2v) is 11.5. The van der Waals surface area contributed by atoms with Crippen molar-refractivity contribution in [3.63, 3.8) is 0 Å². The number of hydrogen-bond donors (Lipinski definition) is 3. The van der Waals surface area contributed by atoms with Gasteiger partial charge in [-0.15, -0.1) is 4.48 Å². The zero-order valence-electron chi connectivity index (χ0n) is 23.0. The van der Waals surface area contributed by atoms with Crippen molar-refractivity contribution in [1.29, 1.82) is 0 Å². The summed E-state index contributed by atoms with van der Waals surface area (Å²) in [6.45, 7) is -0.191. The fraction of sp³-hybridized carbons (Fsp3) is 0.400. The zero-order chi connectivity index (χ0) is 30.2. The molecule has 0 spiro atoms. The van der Waals surface area contributed by atoms with E-state index in [-0.39, 0.29) is 35.7 Å². The Labute approximate surface area is 246 Å². The number of carboxylic acid groups (broad SMARTS) is 1. The monoisotopic (exact) mass is 601 g/mol. The molecule has 0 bridgehead atoms. The first-order valence-corrected chi connectivity index (χ1v) is 14.3. The number of alkyl halides is 2. The Morgan fingerprint density at radius 1 is 1.07 bits per heavy atom. The number of rotatable bonds is 6. The Hall–Kier alpha value is -3.83. The SMILES string of the molecule is Cn1cc(C(=O)Nc2ccc(C(F)C(=O)[N+]3(C(=O)NC4CCC(C(=O)O)CC4)CCCC3F)cc2Cl)c2ccccc21. The molecule has 1 saturated carbocycles. The number of quaternary nitrogens is 1. The maximum Gasteiger partial charge on any atom is 0.426 e. The van der Waals surface area contributed by atoms with E-state index in [0.717, 1.165) is 10.9 Å². The lowest BCUT2D eigenvalue weighted by atomic mass is 9.86. The highest BCUT2D eigenvalue weighted by Gasteiger charge is 2.58. The minimum atomic E-state index is -2.35. The van der Waals surface area contributed by atoms with Crippen LogP contribution in [0.5, 0.6) is 0 Å². The molecule has 222 valence electrons. The van der Waals surface area contributed by atoms with E-state index in [9.17, 15) is 24.3 Å². The molecule has 3 aromatic rings. The molecule has 42 heavy (non-hydrogen) atoms. The molecular weight excluding hydrogens is 570 g/mol. The first-order chi connectivity index (χ1) is 20.0. The van der Waals surface area contributed by atoms with Gasteiger partial charge >= 0.3 is 17.9 Å². The van der Waals surface area contributed by atoms with Crippen molar-refractivity contribution in [3.05, 3.63) is 64.8 Å². The summed E-state index contributed by atoms with van der Waals surface area (Å²) in [6, 6.07) is 9.87. The summed E-state index contributed by atoms with van der Waals surface area (Å²) in [5.74, 6) is -3.08. The third-order valence-corrected chi connectivity index (χ3v) is 8.80. The second kappa shape index (κ2) is 11.8. The number of benzene rings is 2. The number of anilines is 1. The Kier molecular flexibility index (Phi) is 8.34. The molecule has 1 aromatic heterocycles. The van der Waals surface area contributed by atoms with Gasteiger partial charge in [0, 0.05) is 48.6 Å². The molecule has 0 radical (unpaired) electrons. The van der Waals surface area contributed by atoms with E-state index in [0.29, 0.717) is 31.2 Å². The predicted octanol–water partition coefficient (Wildman–Crippen LogP) is 5.88. The van der Waals surface area contributed by atoms with Gasteiger partial charge in [0.1, 0.15) is 0 Å². The van der Waals surface area contributed by atoms with Gasteiger partial charge in [-0.1, -0.05) is 35.9 Å². The summed E-state index contributed by atoms with van der Waals surface area (Å²) >= 11 is 6.38. The van der Waals surface area contributed by atoms with Crippen LogP contribution >= 0.6 is 11.6 Å². The molecule has 1 aliphatic carbocycles. The van der Waals surface area contributed by atoms with Gasteiger partial charge in [-0.25, -0.2) is 14.0 Å². The molecule has 2 aliphatic rings. The third kappa shape index (κ3) is 5.38. The number of nitrogens with zero attached hydrogens (tertiary/aromatic N) is 2. The molecule has 12 heteroatoms. The van der Waals surface area contributed by atoms with Crippen molar-refractivity contribution in [3.8, 4) is 0 Å². The van der Waals surface area contributed by atoms with Gasteiger partial charge in [-0.2, -0.15) is 4.39 Å². The van der Waals surface area contributed by atoms with E-state index in [4.69, 9.17) is 11.6 Å². The first-order valence-electron chi connectivity index (χ1n) is 13.9. The minimum absolute atomic E-state index is 0.0269. The van der Waals surface area contributed by atoms with E-state index in [1.165, 1.54) is 18.2 Å². The molecular formula is C30H32ClF2N4O5+. The van der Waals surface area contributed by atoms with Crippen LogP contribution in [0.3, 0.4) is 0 Å². The van der Waals surface area contributed by atoms with E-state index in [1.807, 2.05) is 35.9 Å². The van der Waals surface area contributed by atoms with Crippen LogP contribution in [0.2, 0.25) is 5.02 Å². The number of imide groups is 1. The number of carbonyl (C=O) groups excluding carboxylic acids is 3. The highest BCUT2D eigenvalue weighted by Crippen LogP contribution is 2.37. The molecule has 3 unspecified atom stereocenters. The summed E-state index contributed by atoms with van der Waals surface area (Å²) in [4.78, 5) is 51.1. The van der Waals surface area contributed by atoms with Crippen molar-refractivity contribution in [2.45, 2.75) is 57.0 Å². The van der Waals surface area contributed by atoms with E-state index < -0.39 is 52.7 Å². The third-order valence-electron chi connectivity index (χ3n) is 8.48. The van der Waals surface area contributed by atoms with E-state index in [2.05, 4.69) is 10.6 Å². The van der Waals surface area contributed by atoms with Crippen LogP contribution in [-0.4, -0.2) is 56.9 Å². The van der Waals surface area contributed by atoms with Gasteiger partial charge in [0.2, 0.25) is 12.5 Å². The Balaban J connectivity index is 1.31. The molecule has 3 atom stereocenters. The van der Waals surface area contributed by atoms with Crippen molar-refractivity contribution in [2.24, 2.45) is 13.0 Å². The topological polar surface area (TPSA) is 118 Å². The quantitative estimate of drug-likeness (QED) is 0.241. The maximum absolute atomic E-state index is 15.8. The van der Waals surface area contributed by atoms with E-state index >= 15 is 8.78 Å². The molecule has 4 amide bonds. The number of aliphatic carboxylic acids is 1. The van der Waals surface area contributed by atoms with Gasteiger partial charge in [-0.05, 0) is 43.9 Å². The largest absolute Gasteiger partial charge is 0.481 e. The maximum atomic E-state index is 15.8. The van der Waals surface area contributed by atoms with Gasteiger partial charge in [0.25, 0.3) is 5.91 Å². The van der Waals surface area contributed by atoms with E-state index in [1.54, 1.807) is 6.20 Å². The average Bonchev–Trinajstić information content (AvgIpc) is 3.54. The normalized spacial score (nSPS) is 24.7. The molecule has 3 N–H and O–H groups in total. The number of carboxylic acids is 1. The van der Waals surface area contributed by atoms with Crippen LogP contribution in [0.4, 0.5) is 19.3 Å². The average molecular weight is 602 g/mol. The first kappa shape index (κ1) is 29.7. The Morgan fingerprint density at radius 2 is 1.79 bits per heavy atom. The minimum Gasteiger partial charge on any atom is -0.481 e. The highest BCUT2D eigenvalue weighted by atomic mass is 35.5. The summed E-state index contributed by atoms with van der Waals surface area (Å²) in [7, 11) is 1.82. The number of aryl methyl sites for hydroxylation is 1. The standard InChI is InChI=1S/C30H31ClF2N4O5/c1-36-16-21(20-5-2-3-6-24(20)36)27(38)35-23-13-10-18(15-22(23)31)26(33)28(39)37(14-4-7-25(37)32)30(42)34-19-11-8-17(9-12-19)29(40)41/h2-3,5-6,10,13,15-17,19,25-26H,4,7-9,11-12,14H2,1H3,(H2-,34,35,38,40,41,42)/p+1. The predicted molar refractivity (Wildman–Crippen MR) is 152 cm³/mol. The lowest BCUT2D eigenvalue weighted by molar-refractivity contribution is -0.806. The summed E-state index contributed by atoms with van der Waals surface area (Å²) in [6.07, 6.45) is -0.995. The molecule has 5 rings (SSSR count). The summed E-state index contributed by atoms with van der Waals surface area (Å²) in [5, 5.41) is 15.3. The number of aromatic nitrogens is 1. The highest BCUT2D eigenvalue weighted by molar-refractivity contribution is 6.34. The smallest absolute Gasteiger partial charge is 0.426 e. The van der Waals surface area contributed by atoms with Gasteiger partial charge in [0.05, 0.1) is 28.7 Å².